The van der Waals surface area contributed by atoms with Crippen molar-refractivity contribution < 1.29 is 18.4 Å². The van der Waals surface area contributed by atoms with E-state index in [1.165, 1.54) is 12.5 Å². The van der Waals surface area contributed by atoms with Gasteiger partial charge in [0, 0.05) is 44.3 Å². The van der Waals surface area contributed by atoms with Crippen LogP contribution in [-0.2, 0) is 4.79 Å². The molecule has 148 valence electrons. The van der Waals surface area contributed by atoms with Crippen LogP contribution in [0.15, 0.2) is 18.2 Å². The van der Waals surface area contributed by atoms with Crippen molar-refractivity contribution in [2.24, 2.45) is 0 Å². The average molecular weight is 379 g/mol. The number of amides is 2. The van der Waals surface area contributed by atoms with Crippen molar-refractivity contribution in [2.75, 3.05) is 39.3 Å². The molecule has 2 fully saturated rings. The topological polar surface area (TPSA) is 43.9 Å². The number of halogens is 2. The van der Waals surface area contributed by atoms with E-state index in [9.17, 15) is 18.4 Å². The first kappa shape index (κ1) is 19.7. The highest BCUT2D eigenvalue weighted by Gasteiger charge is 2.28. The van der Waals surface area contributed by atoms with Crippen molar-refractivity contribution in [3.63, 3.8) is 0 Å². The molecule has 0 saturated carbocycles. The molecular weight excluding hydrogens is 352 g/mol. The second-order valence-corrected chi connectivity index (χ2v) is 7.34. The molecule has 1 aromatic carbocycles. The van der Waals surface area contributed by atoms with Gasteiger partial charge in [-0.15, -0.1) is 0 Å². The fourth-order valence-corrected chi connectivity index (χ4v) is 3.96. The normalized spacial score (nSPS) is 21.4. The number of piperidine rings is 1. The lowest BCUT2D eigenvalue weighted by Gasteiger charge is -2.39. The summed E-state index contributed by atoms with van der Waals surface area (Å²) < 4.78 is 26.4. The molecule has 3 rings (SSSR count). The van der Waals surface area contributed by atoms with Gasteiger partial charge in [0.25, 0.3) is 5.91 Å². The van der Waals surface area contributed by atoms with Crippen LogP contribution in [0.4, 0.5) is 8.78 Å². The van der Waals surface area contributed by atoms with E-state index >= 15 is 0 Å². The van der Waals surface area contributed by atoms with Gasteiger partial charge in [0.15, 0.2) is 11.6 Å². The zero-order valence-electron chi connectivity index (χ0n) is 15.8. The van der Waals surface area contributed by atoms with Crippen molar-refractivity contribution in [1.82, 2.24) is 14.7 Å². The Morgan fingerprint density at radius 2 is 1.78 bits per heavy atom. The van der Waals surface area contributed by atoms with Gasteiger partial charge in [0.2, 0.25) is 5.91 Å². The van der Waals surface area contributed by atoms with Gasteiger partial charge in [-0.05, 0) is 43.9 Å². The number of hydrogen-bond donors (Lipinski definition) is 0. The first-order valence-electron chi connectivity index (χ1n) is 9.75. The Morgan fingerprint density at radius 1 is 1.04 bits per heavy atom. The molecule has 2 saturated heterocycles. The zero-order valence-corrected chi connectivity index (χ0v) is 15.8. The number of likely N-dealkylation sites (tertiary alicyclic amines) is 1. The molecule has 2 aliphatic heterocycles. The number of rotatable bonds is 4. The lowest BCUT2D eigenvalue weighted by Crippen LogP contribution is -2.53. The van der Waals surface area contributed by atoms with Crippen molar-refractivity contribution in [1.29, 1.82) is 0 Å². The summed E-state index contributed by atoms with van der Waals surface area (Å²) in [5, 5.41) is 0. The zero-order chi connectivity index (χ0) is 19.4. The van der Waals surface area contributed by atoms with Crippen molar-refractivity contribution in [3.05, 3.63) is 35.4 Å². The first-order chi connectivity index (χ1) is 13.0. The van der Waals surface area contributed by atoms with Crippen LogP contribution < -0.4 is 0 Å². The summed E-state index contributed by atoms with van der Waals surface area (Å²) in [6, 6.07) is 3.56. The van der Waals surface area contributed by atoms with Crippen molar-refractivity contribution in [3.8, 4) is 0 Å². The molecule has 0 bridgehead atoms. The number of piperazine rings is 1. The molecule has 1 atom stereocenters. The molecule has 1 aromatic rings. The number of nitrogens with zero attached hydrogens (tertiary/aromatic N) is 3. The third-order valence-corrected chi connectivity index (χ3v) is 5.60. The molecule has 0 aliphatic carbocycles. The van der Waals surface area contributed by atoms with E-state index in [4.69, 9.17) is 0 Å². The van der Waals surface area contributed by atoms with Gasteiger partial charge in [0.05, 0.1) is 6.54 Å². The van der Waals surface area contributed by atoms with E-state index in [2.05, 4.69) is 11.8 Å². The maximum Gasteiger partial charge on any atom is 0.254 e. The highest BCUT2D eigenvalue weighted by molar-refractivity contribution is 5.94. The van der Waals surface area contributed by atoms with Crippen molar-refractivity contribution in [2.45, 2.75) is 38.6 Å². The minimum atomic E-state index is -1.02. The predicted molar refractivity (Wildman–Crippen MR) is 98.3 cm³/mol. The van der Waals surface area contributed by atoms with Crippen LogP contribution in [0, 0.1) is 11.6 Å². The second-order valence-electron chi connectivity index (χ2n) is 7.34. The minimum absolute atomic E-state index is 0.150. The van der Waals surface area contributed by atoms with Crippen LogP contribution in [0.2, 0.25) is 0 Å². The molecule has 0 N–H and O–H groups in total. The molecule has 1 unspecified atom stereocenters. The van der Waals surface area contributed by atoms with Crippen LogP contribution >= 0.6 is 0 Å². The summed E-state index contributed by atoms with van der Waals surface area (Å²) in [5.74, 6) is -2.11. The Hall–Kier alpha value is -2.02. The standard InChI is InChI=1S/C20H27F2N3O2/c1-2-16-5-3-4-8-25(16)19(26)14-23-9-11-24(12-10-23)20(27)15-6-7-17(21)18(22)13-15/h6-7,13,16H,2-5,8-12,14H2,1H3. The van der Waals surface area contributed by atoms with E-state index in [-0.39, 0.29) is 17.4 Å². The molecule has 2 amide bonds. The van der Waals surface area contributed by atoms with Crippen LogP contribution in [0.25, 0.3) is 0 Å². The fraction of sp³-hybridized carbons (Fsp3) is 0.600. The van der Waals surface area contributed by atoms with E-state index < -0.39 is 11.6 Å². The molecule has 27 heavy (non-hydrogen) atoms. The fourth-order valence-electron chi connectivity index (χ4n) is 3.96. The van der Waals surface area contributed by atoms with E-state index in [0.29, 0.717) is 38.8 Å². The van der Waals surface area contributed by atoms with Crippen LogP contribution in [0.1, 0.15) is 43.0 Å². The average Bonchev–Trinajstić information content (AvgIpc) is 2.70. The highest BCUT2D eigenvalue weighted by Crippen LogP contribution is 2.20. The summed E-state index contributed by atoms with van der Waals surface area (Å²) in [5.41, 5.74) is 0.150. The number of carbonyl (C=O) groups is 2. The van der Waals surface area contributed by atoms with Crippen LogP contribution in [0.3, 0.4) is 0 Å². The summed E-state index contributed by atoms with van der Waals surface area (Å²) >= 11 is 0. The van der Waals surface area contributed by atoms with Gasteiger partial charge in [-0.2, -0.15) is 0 Å². The van der Waals surface area contributed by atoms with Gasteiger partial charge in [-0.25, -0.2) is 8.78 Å². The molecule has 0 radical (unpaired) electrons. The molecule has 7 heteroatoms. The molecule has 0 spiro atoms. The summed E-state index contributed by atoms with van der Waals surface area (Å²) in [4.78, 5) is 30.8. The summed E-state index contributed by atoms with van der Waals surface area (Å²) in [6.45, 7) is 5.50. The Bertz CT molecular complexity index is 690. The van der Waals surface area contributed by atoms with E-state index in [0.717, 1.165) is 37.9 Å². The largest absolute Gasteiger partial charge is 0.339 e. The van der Waals surface area contributed by atoms with Gasteiger partial charge >= 0.3 is 0 Å². The number of benzene rings is 1. The lowest BCUT2D eigenvalue weighted by atomic mass is 10.00. The first-order valence-corrected chi connectivity index (χ1v) is 9.75. The van der Waals surface area contributed by atoms with Crippen molar-refractivity contribution >= 4 is 11.8 Å². The Kier molecular flexibility index (Phi) is 6.42. The number of carbonyl (C=O) groups excluding carboxylic acids is 2. The van der Waals surface area contributed by atoms with Gasteiger partial charge in [0.1, 0.15) is 0 Å². The molecular formula is C20H27F2N3O2. The third kappa shape index (κ3) is 4.64. The smallest absolute Gasteiger partial charge is 0.254 e. The predicted octanol–water partition coefficient (Wildman–Crippen LogP) is 2.51. The number of hydrogen-bond acceptors (Lipinski definition) is 3. The third-order valence-electron chi connectivity index (χ3n) is 5.60. The SMILES string of the molecule is CCC1CCCCN1C(=O)CN1CCN(C(=O)c2ccc(F)c(F)c2)CC1. The highest BCUT2D eigenvalue weighted by atomic mass is 19.2. The maximum atomic E-state index is 13.4. The van der Waals surface area contributed by atoms with Gasteiger partial charge in [-0.3, -0.25) is 14.5 Å². The molecule has 5 nitrogen and oxygen atoms in total. The summed E-state index contributed by atoms with van der Waals surface area (Å²) in [6.07, 6.45) is 4.33. The van der Waals surface area contributed by atoms with Gasteiger partial charge < -0.3 is 9.80 Å². The lowest BCUT2D eigenvalue weighted by molar-refractivity contribution is -0.136. The summed E-state index contributed by atoms with van der Waals surface area (Å²) in [7, 11) is 0. The van der Waals surface area contributed by atoms with Crippen LogP contribution in [-0.4, -0.2) is 71.8 Å². The van der Waals surface area contributed by atoms with Gasteiger partial charge in [-0.1, -0.05) is 6.92 Å². The maximum absolute atomic E-state index is 13.4. The van der Waals surface area contributed by atoms with Crippen LogP contribution in [0.5, 0.6) is 0 Å². The quantitative estimate of drug-likeness (QED) is 0.808. The molecule has 0 aromatic heterocycles. The Labute approximate surface area is 158 Å². The molecule has 2 aliphatic rings. The molecule has 2 heterocycles. The monoisotopic (exact) mass is 379 g/mol. The Morgan fingerprint density at radius 3 is 2.44 bits per heavy atom. The Balaban J connectivity index is 1.51. The minimum Gasteiger partial charge on any atom is -0.339 e. The van der Waals surface area contributed by atoms with E-state index in [1.807, 2.05) is 4.90 Å². The second kappa shape index (κ2) is 8.78. The van der Waals surface area contributed by atoms with E-state index in [1.54, 1.807) is 4.90 Å².